The Balaban J connectivity index is 2.19. The number of hydrogen-bond acceptors (Lipinski definition) is 2. The largest absolute Gasteiger partial charge is 0.494 e. The first-order valence-electron chi connectivity index (χ1n) is 6.49. The molecule has 1 aromatic carbocycles. The molecule has 0 amide bonds. The first-order valence-corrected chi connectivity index (χ1v) is 6.49. The van der Waals surface area contributed by atoms with Gasteiger partial charge in [-0.15, -0.1) is 0 Å². The first kappa shape index (κ1) is 13.6. The molecule has 1 radical (unpaired) electrons. The molecule has 3 heteroatoms. The highest BCUT2D eigenvalue weighted by atomic mass is 16.7. The number of rotatable bonds is 2. The van der Waals surface area contributed by atoms with Crippen LogP contribution in [0.3, 0.4) is 0 Å². The Labute approximate surface area is 111 Å². The van der Waals surface area contributed by atoms with Crippen molar-refractivity contribution in [2.45, 2.75) is 52.7 Å². The zero-order valence-electron chi connectivity index (χ0n) is 12.2. The molecule has 1 fully saturated rings. The highest BCUT2D eigenvalue weighted by molar-refractivity contribution is 6.62. The first-order chi connectivity index (χ1) is 8.23. The average molecular weight is 245 g/mol. The Morgan fingerprint density at radius 1 is 0.889 bits per heavy atom. The van der Waals surface area contributed by atoms with E-state index in [4.69, 9.17) is 9.31 Å². The van der Waals surface area contributed by atoms with Crippen LogP contribution in [0.1, 0.15) is 47.1 Å². The SMILES string of the molecule is C[C](C)c1ccc(B2OC(C)(C)C(C)(C)O2)cc1. The Hall–Kier alpha value is -0.795. The Bertz CT molecular complexity index is 405. The van der Waals surface area contributed by atoms with E-state index in [2.05, 4.69) is 65.8 Å². The molecule has 0 saturated carbocycles. The van der Waals surface area contributed by atoms with Gasteiger partial charge in [-0.25, -0.2) is 0 Å². The molecule has 1 heterocycles. The minimum absolute atomic E-state index is 0.263. The van der Waals surface area contributed by atoms with Crippen LogP contribution in [0.2, 0.25) is 0 Å². The fraction of sp³-hybridized carbons (Fsp3) is 0.533. The third-order valence-electron chi connectivity index (χ3n) is 4.01. The minimum atomic E-state index is -0.275. The molecule has 0 aliphatic carbocycles. The van der Waals surface area contributed by atoms with E-state index in [1.54, 1.807) is 0 Å². The maximum absolute atomic E-state index is 6.02. The van der Waals surface area contributed by atoms with Crippen LogP contribution >= 0.6 is 0 Å². The summed E-state index contributed by atoms with van der Waals surface area (Å²) in [7, 11) is -0.263. The molecule has 1 aliphatic heterocycles. The van der Waals surface area contributed by atoms with Gasteiger partial charge in [-0.05, 0) is 44.6 Å². The van der Waals surface area contributed by atoms with Gasteiger partial charge in [-0.2, -0.15) is 0 Å². The molecule has 0 N–H and O–H groups in total. The van der Waals surface area contributed by atoms with E-state index in [0.717, 1.165) is 5.46 Å². The van der Waals surface area contributed by atoms with Gasteiger partial charge in [-0.3, -0.25) is 0 Å². The van der Waals surface area contributed by atoms with Crippen LogP contribution < -0.4 is 5.46 Å². The molecule has 18 heavy (non-hydrogen) atoms. The topological polar surface area (TPSA) is 18.5 Å². The molecule has 2 nitrogen and oxygen atoms in total. The maximum atomic E-state index is 6.02. The molecule has 0 bridgehead atoms. The molecule has 0 unspecified atom stereocenters. The fourth-order valence-corrected chi connectivity index (χ4v) is 1.95. The monoisotopic (exact) mass is 245 g/mol. The van der Waals surface area contributed by atoms with Crippen LogP contribution in [-0.2, 0) is 9.31 Å². The quantitative estimate of drug-likeness (QED) is 0.746. The van der Waals surface area contributed by atoms with Crippen molar-refractivity contribution in [1.29, 1.82) is 0 Å². The van der Waals surface area contributed by atoms with Gasteiger partial charge in [0.2, 0.25) is 0 Å². The van der Waals surface area contributed by atoms with Crippen molar-refractivity contribution in [3.8, 4) is 0 Å². The smallest absolute Gasteiger partial charge is 0.399 e. The van der Waals surface area contributed by atoms with E-state index < -0.39 is 0 Å². The summed E-state index contributed by atoms with van der Waals surface area (Å²) in [6.45, 7) is 12.5. The van der Waals surface area contributed by atoms with Crippen molar-refractivity contribution in [3.05, 3.63) is 35.7 Å². The minimum Gasteiger partial charge on any atom is -0.399 e. The molecule has 0 spiro atoms. The molecule has 97 valence electrons. The van der Waals surface area contributed by atoms with Crippen molar-refractivity contribution in [2.75, 3.05) is 0 Å². The molecule has 1 saturated heterocycles. The summed E-state index contributed by atoms with van der Waals surface area (Å²) >= 11 is 0. The summed E-state index contributed by atoms with van der Waals surface area (Å²) < 4.78 is 12.0. The lowest BCUT2D eigenvalue weighted by atomic mass is 9.78. The summed E-state index contributed by atoms with van der Waals surface area (Å²) in [5, 5.41) is 0. The van der Waals surface area contributed by atoms with E-state index in [1.165, 1.54) is 11.5 Å². The summed E-state index contributed by atoms with van der Waals surface area (Å²) in [5.74, 6) is 1.32. The van der Waals surface area contributed by atoms with Gasteiger partial charge >= 0.3 is 7.12 Å². The second-order valence-electron chi connectivity index (χ2n) is 6.21. The highest BCUT2D eigenvalue weighted by Crippen LogP contribution is 2.36. The zero-order chi connectivity index (χ0) is 13.6. The van der Waals surface area contributed by atoms with Crippen molar-refractivity contribution in [3.63, 3.8) is 0 Å². The zero-order valence-corrected chi connectivity index (χ0v) is 12.2. The summed E-state index contributed by atoms with van der Waals surface area (Å²) in [4.78, 5) is 0. The lowest BCUT2D eigenvalue weighted by Crippen LogP contribution is -2.41. The Morgan fingerprint density at radius 3 is 1.72 bits per heavy atom. The van der Waals surface area contributed by atoms with E-state index in [1.807, 2.05) is 0 Å². The molecular formula is C15H22BO2. The summed E-state index contributed by atoms with van der Waals surface area (Å²) in [6, 6.07) is 8.42. The fourth-order valence-electron chi connectivity index (χ4n) is 1.95. The van der Waals surface area contributed by atoms with Gasteiger partial charge < -0.3 is 9.31 Å². The predicted molar refractivity (Wildman–Crippen MR) is 75.9 cm³/mol. The van der Waals surface area contributed by atoms with Crippen LogP contribution in [0.15, 0.2) is 24.3 Å². The maximum Gasteiger partial charge on any atom is 0.494 e. The van der Waals surface area contributed by atoms with Crippen LogP contribution in [0.25, 0.3) is 0 Å². The third kappa shape index (κ3) is 2.34. The number of hydrogen-bond donors (Lipinski definition) is 0. The Kier molecular flexibility index (Phi) is 3.33. The van der Waals surface area contributed by atoms with E-state index in [9.17, 15) is 0 Å². The van der Waals surface area contributed by atoms with Crippen molar-refractivity contribution < 1.29 is 9.31 Å². The van der Waals surface area contributed by atoms with Crippen molar-refractivity contribution in [1.82, 2.24) is 0 Å². The molecule has 1 aromatic rings. The van der Waals surface area contributed by atoms with Crippen LogP contribution in [0.5, 0.6) is 0 Å². The molecule has 2 rings (SSSR count). The van der Waals surface area contributed by atoms with Crippen LogP contribution in [0.4, 0.5) is 0 Å². The third-order valence-corrected chi connectivity index (χ3v) is 4.01. The normalized spacial score (nSPS) is 21.6. The van der Waals surface area contributed by atoms with Crippen LogP contribution in [0, 0.1) is 5.92 Å². The molecule has 0 aromatic heterocycles. The van der Waals surface area contributed by atoms with E-state index in [-0.39, 0.29) is 18.3 Å². The molecule has 0 atom stereocenters. The van der Waals surface area contributed by atoms with Gasteiger partial charge in [0.05, 0.1) is 11.2 Å². The van der Waals surface area contributed by atoms with E-state index in [0.29, 0.717) is 0 Å². The van der Waals surface area contributed by atoms with Gasteiger partial charge in [0, 0.05) is 0 Å². The lowest BCUT2D eigenvalue weighted by molar-refractivity contribution is 0.00578. The molecule has 1 aliphatic rings. The van der Waals surface area contributed by atoms with Crippen LogP contribution in [-0.4, -0.2) is 18.3 Å². The van der Waals surface area contributed by atoms with Gasteiger partial charge in [0.25, 0.3) is 0 Å². The second-order valence-corrected chi connectivity index (χ2v) is 6.21. The van der Waals surface area contributed by atoms with Crippen molar-refractivity contribution in [2.24, 2.45) is 0 Å². The highest BCUT2D eigenvalue weighted by Gasteiger charge is 2.51. The lowest BCUT2D eigenvalue weighted by Gasteiger charge is -2.32. The van der Waals surface area contributed by atoms with E-state index >= 15 is 0 Å². The summed E-state index contributed by atoms with van der Waals surface area (Å²) in [5.41, 5.74) is 1.79. The molecular weight excluding hydrogens is 223 g/mol. The van der Waals surface area contributed by atoms with Crippen molar-refractivity contribution >= 4 is 12.6 Å². The standard InChI is InChI=1S/C15H22BO2/c1-11(2)12-7-9-13(10-8-12)16-17-14(3,4)15(5,6)18-16/h7-10H,1-6H3. The summed E-state index contributed by atoms with van der Waals surface area (Å²) in [6.07, 6.45) is 0. The van der Waals surface area contributed by atoms with Gasteiger partial charge in [0.1, 0.15) is 0 Å². The second kappa shape index (κ2) is 4.39. The Morgan fingerprint density at radius 2 is 1.33 bits per heavy atom. The van der Waals surface area contributed by atoms with Gasteiger partial charge in [-0.1, -0.05) is 38.1 Å². The van der Waals surface area contributed by atoms with Gasteiger partial charge in [0.15, 0.2) is 0 Å². The predicted octanol–water partition coefficient (Wildman–Crippen LogP) is 2.95. The average Bonchev–Trinajstić information content (AvgIpc) is 2.48. The number of benzene rings is 1.